The molecule has 2 aromatic rings. The van der Waals surface area contributed by atoms with E-state index in [1.165, 1.54) is 11.8 Å². The molecule has 8 heteroatoms. The van der Waals surface area contributed by atoms with Gasteiger partial charge >= 0.3 is 0 Å². The first-order chi connectivity index (χ1) is 11.8. The molecule has 1 saturated carbocycles. The molecule has 1 saturated heterocycles. The molecule has 4 rings (SSSR count). The van der Waals surface area contributed by atoms with Gasteiger partial charge in [0.25, 0.3) is 5.22 Å². The minimum Gasteiger partial charge on any atom is -0.416 e. The number of thioether (sulfide) groups is 1. The van der Waals surface area contributed by atoms with Crippen molar-refractivity contribution in [3.8, 4) is 0 Å². The number of pyridine rings is 1. The normalized spacial score (nSPS) is 18.0. The van der Waals surface area contributed by atoms with Gasteiger partial charge in [0, 0.05) is 38.3 Å². The molecule has 1 amide bonds. The van der Waals surface area contributed by atoms with Crippen LogP contribution in [0.4, 0.5) is 5.82 Å². The molecule has 126 valence electrons. The van der Waals surface area contributed by atoms with Crippen molar-refractivity contribution in [1.82, 2.24) is 20.1 Å². The number of amides is 1. The van der Waals surface area contributed by atoms with E-state index < -0.39 is 0 Å². The van der Waals surface area contributed by atoms with Crippen LogP contribution in [0.25, 0.3) is 0 Å². The zero-order chi connectivity index (χ0) is 16.4. The molecule has 2 fully saturated rings. The molecular weight excluding hydrogens is 326 g/mol. The van der Waals surface area contributed by atoms with Gasteiger partial charge in [0.15, 0.2) is 0 Å². The third kappa shape index (κ3) is 3.53. The van der Waals surface area contributed by atoms with Crippen LogP contribution >= 0.6 is 11.8 Å². The molecule has 0 bridgehead atoms. The molecule has 0 unspecified atom stereocenters. The molecule has 24 heavy (non-hydrogen) atoms. The van der Waals surface area contributed by atoms with E-state index in [0.717, 1.165) is 31.7 Å². The SMILES string of the molecule is O=C(CSc1nnc(C2CC2)o1)N1CCN(c2ccccn2)CC1. The minimum atomic E-state index is 0.117. The smallest absolute Gasteiger partial charge is 0.277 e. The molecule has 7 nitrogen and oxygen atoms in total. The summed E-state index contributed by atoms with van der Waals surface area (Å²) in [6.45, 7) is 3.04. The molecule has 0 atom stereocenters. The maximum Gasteiger partial charge on any atom is 0.277 e. The number of carbonyl (C=O) groups excluding carboxylic acids is 1. The van der Waals surface area contributed by atoms with Gasteiger partial charge in [0.1, 0.15) is 5.82 Å². The van der Waals surface area contributed by atoms with Crippen molar-refractivity contribution in [1.29, 1.82) is 0 Å². The Balaban J connectivity index is 1.25. The molecule has 0 spiro atoms. The van der Waals surface area contributed by atoms with Crippen LogP contribution in [0.2, 0.25) is 0 Å². The summed E-state index contributed by atoms with van der Waals surface area (Å²) < 4.78 is 5.57. The van der Waals surface area contributed by atoms with E-state index >= 15 is 0 Å². The van der Waals surface area contributed by atoms with E-state index in [9.17, 15) is 4.79 Å². The lowest BCUT2D eigenvalue weighted by atomic mass is 10.3. The Kier molecular flexibility index (Phi) is 4.38. The quantitative estimate of drug-likeness (QED) is 0.765. The lowest BCUT2D eigenvalue weighted by Gasteiger charge is -2.35. The van der Waals surface area contributed by atoms with E-state index in [1.807, 2.05) is 23.1 Å². The minimum absolute atomic E-state index is 0.117. The first-order valence-corrected chi connectivity index (χ1v) is 9.18. The summed E-state index contributed by atoms with van der Waals surface area (Å²) in [6, 6.07) is 5.89. The summed E-state index contributed by atoms with van der Waals surface area (Å²) in [5.41, 5.74) is 0. The standard InChI is InChI=1S/C16H19N5O2S/c22-14(11-24-16-19-18-15(23-16)12-4-5-12)21-9-7-20(8-10-21)13-3-1-2-6-17-13/h1-3,6,12H,4-5,7-11H2. The number of hydrogen-bond acceptors (Lipinski definition) is 7. The summed E-state index contributed by atoms with van der Waals surface area (Å²) in [7, 11) is 0. The van der Waals surface area contributed by atoms with E-state index in [4.69, 9.17) is 4.42 Å². The van der Waals surface area contributed by atoms with Crippen molar-refractivity contribution in [2.75, 3.05) is 36.8 Å². The number of hydrogen-bond donors (Lipinski definition) is 0. The highest BCUT2D eigenvalue weighted by Gasteiger charge is 2.29. The molecule has 1 aliphatic carbocycles. The van der Waals surface area contributed by atoms with Crippen LogP contribution < -0.4 is 4.90 Å². The number of aromatic nitrogens is 3. The maximum absolute atomic E-state index is 12.3. The van der Waals surface area contributed by atoms with Gasteiger partial charge in [0.2, 0.25) is 11.8 Å². The largest absolute Gasteiger partial charge is 0.416 e. The van der Waals surface area contributed by atoms with Gasteiger partial charge < -0.3 is 14.2 Å². The number of anilines is 1. The van der Waals surface area contributed by atoms with E-state index in [2.05, 4.69) is 20.1 Å². The zero-order valence-electron chi connectivity index (χ0n) is 13.3. The lowest BCUT2D eigenvalue weighted by Crippen LogP contribution is -2.49. The Morgan fingerprint density at radius 2 is 2.04 bits per heavy atom. The second kappa shape index (κ2) is 6.80. The maximum atomic E-state index is 12.3. The Labute approximate surface area is 144 Å². The van der Waals surface area contributed by atoms with Gasteiger partial charge in [0.05, 0.1) is 5.75 Å². The molecule has 2 aromatic heterocycles. The summed E-state index contributed by atoms with van der Waals surface area (Å²) in [5.74, 6) is 2.59. The van der Waals surface area contributed by atoms with Crippen LogP contribution in [0.15, 0.2) is 34.0 Å². The number of carbonyl (C=O) groups is 1. The van der Waals surface area contributed by atoms with Gasteiger partial charge in [-0.2, -0.15) is 0 Å². The fourth-order valence-corrected chi connectivity index (χ4v) is 3.39. The van der Waals surface area contributed by atoms with Gasteiger partial charge in [-0.15, -0.1) is 10.2 Å². The zero-order valence-corrected chi connectivity index (χ0v) is 14.1. The van der Waals surface area contributed by atoms with E-state index in [-0.39, 0.29) is 5.91 Å². The van der Waals surface area contributed by atoms with E-state index in [0.29, 0.717) is 35.9 Å². The highest BCUT2D eigenvalue weighted by atomic mass is 32.2. The predicted molar refractivity (Wildman–Crippen MR) is 90.0 cm³/mol. The molecule has 0 N–H and O–H groups in total. The fraction of sp³-hybridized carbons (Fsp3) is 0.500. The average Bonchev–Trinajstić information content (AvgIpc) is 3.39. The highest BCUT2D eigenvalue weighted by Crippen LogP contribution is 2.39. The second-order valence-electron chi connectivity index (χ2n) is 6.02. The first-order valence-electron chi connectivity index (χ1n) is 8.19. The topological polar surface area (TPSA) is 75.4 Å². The number of rotatable bonds is 5. The van der Waals surface area contributed by atoms with Crippen molar-refractivity contribution >= 4 is 23.5 Å². The van der Waals surface area contributed by atoms with Crippen molar-refractivity contribution < 1.29 is 9.21 Å². The number of piperazine rings is 1. The first kappa shape index (κ1) is 15.4. The third-order valence-electron chi connectivity index (χ3n) is 4.27. The fourth-order valence-electron chi connectivity index (χ4n) is 2.71. The molecule has 0 aromatic carbocycles. The van der Waals surface area contributed by atoms with Crippen LogP contribution in [-0.2, 0) is 4.79 Å². The predicted octanol–water partition coefficient (Wildman–Crippen LogP) is 1.78. The van der Waals surface area contributed by atoms with Crippen LogP contribution in [0.3, 0.4) is 0 Å². The molecule has 0 radical (unpaired) electrons. The van der Waals surface area contributed by atoms with Gasteiger partial charge in [-0.05, 0) is 25.0 Å². The third-order valence-corrected chi connectivity index (χ3v) is 5.08. The van der Waals surface area contributed by atoms with Crippen LogP contribution in [0.5, 0.6) is 0 Å². The lowest BCUT2D eigenvalue weighted by molar-refractivity contribution is -0.128. The van der Waals surface area contributed by atoms with Crippen molar-refractivity contribution in [2.24, 2.45) is 0 Å². The van der Waals surface area contributed by atoms with Crippen LogP contribution in [-0.4, -0.2) is 57.9 Å². The second-order valence-corrected chi connectivity index (χ2v) is 6.95. The van der Waals surface area contributed by atoms with E-state index in [1.54, 1.807) is 6.20 Å². The van der Waals surface area contributed by atoms with Gasteiger partial charge in [-0.25, -0.2) is 4.98 Å². The average molecular weight is 345 g/mol. The Hall–Kier alpha value is -2.09. The number of nitrogens with zero attached hydrogens (tertiary/aromatic N) is 5. The molecule has 2 aliphatic rings. The summed E-state index contributed by atoms with van der Waals surface area (Å²) in [4.78, 5) is 20.8. The highest BCUT2D eigenvalue weighted by molar-refractivity contribution is 7.99. The Morgan fingerprint density at radius 1 is 1.21 bits per heavy atom. The van der Waals surface area contributed by atoms with Crippen molar-refractivity contribution in [3.63, 3.8) is 0 Å². The molecule has 3 heterocycles. The van der Waals surface area contributed by atoms with Gasteiger partial charge in [-0.3, -0.25) is 4.79 Å². The summed E-state index contributed by atoms with van der Waals surface area (Å²) >= 11 is 1.33. The van der Waals surface area contributed by atoms with Crippen molar-refractivity contribution in [2.45, 2.75) is 24.0 Å². The molecule has 1 aliphatic heterocycles. The van der Waals surface area contributed by atoms with Crippen LogP contribution in [0.1, 0.15) is 24.7 Å². The summed E-state index contributed by atoms with van der Waals surface area (Å²) in [6.07, 6.45) is 4.06. The van der Waals surface area contributed by atoms with Gasteiger partial charge in [-0.1, -0.05) is 17.8 Å². The monoisotopic (exact) mass is 345 g/mol. The van der Waals surface area contributed by atoms with Crippen molar-refractivity contribution in [3.05, 3.63) is 30.3 Å². The molecular formula is C16H19N5O2S. The summed E-state index contributed by atoms with van der Waals surface area (Å²) in [5, 5.41) is 8.54. The Bertz CT molecular complexity index is 696. The van der Waals surface area contributed by atoms with Crippen LogP contribution in [0, 0.1) is 0 Å². The Morgan fingerprint density at radius 3 is 2.75 bits per heavy atom.